The van der Waals surface area contributed by atoms with Gasteiger partial charge in [-0.1, -0.05) is 48.6 Å². The number of rotatable bonds is 11. The minimum atomic E-state index is -1.81. The second-order valence-electron chi connectivity index (χ2n) is 11.0. The Kier molecular flexibility index (Phi) is 7.90. The summed E-state index contributed by atoms with van der Waals surface area (Å²) in [5.74, 6) is -0.447. The molecule has 44 heavy (non-hydrogen) atoms. The van der Waals surface area contributed by atoms with E-state index in [0.717, 1.165) is 16.8 Å². The van der Waals surface area contributed by atoms with Crippen LogP contribution in [0.5, 0.6) is 5.75 Å². The quantitative estimate of drug-likeness (QED) is 0.199. The molecular formula is C33H34N6O5. The summed E-state index contributed by atoms with van der Waals surface area (Å²) >= 11 is 0. The molecule has 2 aromatic heterocycles. The highest BCUT2D eigenvalue weighted by molar-refractivity contribution is 6.07. The number of aliphatic hydroxyl groups is 2. The highest BCUT2D eigenvalue weighted by Crippen LogP contribution is 2.47. The number of amides is 1. The van der Waals surface area contributed by atoms with Crippen molar-refractivity contribution in [2.45, 2.75) is 38.5 Å². The van der Waals surface area contributed by atoms with E-state index in [4.69, 9.17) is 9.84 Å². The van der Waals surface area contributed by atoms with E-state index in [0.29, 0.717) is 47.5 Å². The number of nitrogens with one attached hydrogen (secondary N) is 1. The van der Waals surface area contributed by atoms with Crippen molar-refractivity contribution in [3.63, 3.8) is 0 Å². The van der Waals surface area contributed by atoms with Crippen molar-refractivity contribution < 1.29 is 19.7 Å². The number of aliphatic hydroxyl groups excluding tert-OH is 1. The van der Waals surface area contributed by atoms with Crippen molar-refractivity contribution in [1.82, 2.24) is 24.8 Å². The number of methoxy groups -OCH3 is 1. The normalized spacial score (nSPS) is 17.1. The van der Waals surface area contributed by atoms with Gasteiger partial charge in [-0.15, -0.1) is 5.10 Å². The molecule has 0 radical (unpaired) electrons. The number of carbonyl (C=O) groups excluding carboxylic acids is 1. The van der Waals surface area contributed by atoms with Crippen molar-refractivity contribution in [3.8, 4) is 11.4 Å². The average Bonchev–Trinajstić information content (AvgIpc) is 3.70. The minimum Gasteiger partial charge on any atom is -0.497 e. The SMILES string of the molecule is COc1ccc2c(c1)[C@@](O)([C@H](C)/C=C/CCn1cc(CCO)nn1)C(=O)N2Cc1cccc(-n2[nH]c3ccccc3c2=O)c1. The maximum absolute atomic E-state index is 14.1. The number of allylic oxidation sites excluding steroid dienone is 1. The van der Waals surface area contributed by atoms with E-state index in [2.05, 4.69) is 15.4 Å². The summed E-state index contributed by atoms with van der Waals surface area (Å²) in [4.78, 5) is 28.7. The maximum atomic E-state index is 14.1. The fourth-order valence-electron chi connectivity index (χ4n) is 5.75. The van der Waals surface area contributed by atoms with Crippen LogP contribution in [0.15, 0.2) is 89.9 Å². The molecule has 3 N–H and O–H groups in total. The molecule has 1 aliphatic rings. The van der Waals surface area contributed by atoms with Gasteiger partial charge in [-0.2, -0.15) is 0 Å². The van der Waals surface area contributed by atoms with Gasteiger partial charge in [-0.3, -0.25) is 19.4 Å². The molecule has 11 heteroatoms. The molecule has 2 atom stereocenters. The van der Waals surface area contributed by atoms with E-state index >= 15 is 0 Å². The highest BCUT2D eigenvalue weighted by Gasteiger charge is 2.52. The Morgan fingerprint density at radius 3 is 2.73 bits per heavy atom. The highest BCUT2D eigenvalue weighted by atomic mass is 16.5. The van der Waals surface area contributed by atoms with Crippen LogP contribution in [0.25, 0.3) is 16.6 Å². The predicted octanol–water partition coefficient (Wildman–Crippen LogP) is 3.47. The fraction of sp³-hybridized carbons (Fsp3) is 0.273. The Morgan fingerprint density at radius 1 is 1.09 bits per heavy atom. The third-order valence-electron chi connectivity index (χ3n) is 8.14. The summed E-state index contributed by atoms with van der Waals surface area (Å²) in [6, 6.07) is 20.1. The minimum absolute atomic E-state index is 0.0154. The first-order chi connectivity index (χ1) is 21.3. The number of nitrogens with zero attached hydrogens (tertiary/aromatic N) is 5. The van der Waals surface area contributed by atoms with Crippen molar-refractivity contribution >= 4 is 22.5 Å². The summed E-state index contributed by atoms with van der Waals surface area (Å²) in [5, 5.41) is 33.0. The standard InChI is InChI=1S/C33H34N6O5/c1-22(8-5-6-16-37-21-24(15-17-40)34-36-37)33(43)28-19-26(44-2)13-14-30(28)38(32(33)42)20-23-9-7-10-25(18-23)39-31(41)27-11-3-4-12-29(27)35-39/h3-5,7-14,18-19,21-22,35,40,43H,6,15-17,20H2,1-2H3/b8-5+/t22-,33+/m1/s1. The smallest absolute Gasteiger partial charge is 0.279 e. The van der Waals surface area contributed by atoms with Gasteiger partial charge >= 0.3 is 0 Å². The molecule has 0 saturated carbocycles. The lowest BCUT2D eigenvalue weighted by Crippen LogP contribution is -2.44. The molecule has 0 spiro atoms. The van der Waals surface area contributed by atoms with Crippen LogP contribution < -0.4 is 15.2 Å². The number of fused-ring (bicyclic) bond motifs is 2. The fourth-order valence-corrected chi connectivity index (χ4v) is 5.75. The number of carbonyl (C=O) groups is 1. The number of anilines is 1. The Labute approximate surface area is 253 Å². The number of aromatic amines is 1. The Balaban J connectivity index is 1.25. The van der Waals surface area contributed by atoms with Crippen LogP contribution in [0.2, 0.25) is 0 Å². The Morgan fingerprint density at radius 2 is 1.93 bits per heavy atom. The lowest BCUT2D eigenvalue weighted by molar-refractivity contribution is -0.139. The second-order valence-corrected chi connectivity index (χ2v) is 11.0. The van der Waals surface area contributed by atoms with Crippen LogP contribution in [-0.2, 0) is 29.9 Å². The lowest BCUT2D eigenvalue weighted by atomic mass is 9.83. The van der Waals surface area contributed by atoms with Crippen molar-refractivity contribution in [2.24, 2.45) is 5.92 Å². The molecule has 6 rings (SSSR count). The number of para-hydroxylation sites is 1. The lowest BCUT2D eigenvalue weighted by Gasteiger charge is -2.28. The largest absolute Gasteiger partial charge is 0.497 e. The van der Waals surface area contributed by atoms with Gasteiger partial charge in [-0.05, 0) is 54.4 Å². The molecule has 1 aliphatic heterocycles. The molecule has 3 aromatic carbocycles. The summed E-state index contributed by atoms with van der Waals surface area (Å²) in [6.45, 7) is 2.60. The van der Waals surface area contributed by atoms with E-state index < -0.39 is 17.4 Å². The first-order valence-corrected chi connectivity index (χ1v) is 14.5. The monoisotopic (exact) mass is 594 g/mol. The molecule has 0 saturated heterocycles. The Bertz CT molecular complexity index is 1910. The van der Waals surface area contributed by atoms with Crippen LogP contribution >= 0.6 is 0 Å². The summed E-state index contributed by atoms with van der Waals surface area (Å²) in [6.07, 6.45) is 6.64. The molecule has 0 unspecified atom stereocenters. The van der Waals surface area contributed by atoms with E-state index in [1.165, 1.54) is 4.68 Å². The number of aromatic nitrogens is 5. The number of hydrogen-bond acceptors (Lipinski definition) is 7. The van der Waals surface area contributed by atoms with E-state index in [1.54, 1.807) is 47.2 Å². The third kappa shape index (κ3) is 5.20. The van der Waals surface area contributed by atoms with Gasteiger partial charge < -0.3 is 19.8 Å². The number of benzene rings is 3. The van der Waals surface area contributed by atoms with Crippen molar-refractivity contribution in [1.29, 1.82) is 0 Å². The van der Waals surface area contributed by atoms with E-state index in [1.807, 2.05) is 61.5 Å². The van der Waals surface area contributed by atoms with Gasteiger partial charge in [0.25, 0.3) is 11.5 Å². The average molecular weight is 595 g/mol. The first kappa shape index (κ1) is 29.1. The zero-order valence-corrected chi connectivity index (χ0v) is 24.6. The van der Waals surface area contributed by atoms with Gasteiger partial charge in [0.05, 0.1) is 41.6 Å². The van der Waals surface area contributed by atoms with Gasteiger partial charge in [0.2, 0.25) is 0 Å². The second kappa shape index (κ2) is 11.9. The maximum Gasteiger partial charge on any atom is 0.279 e. The zero-order valence-electron chi connectivity index (χ0n) is 24.6. The molecule has 0 bridgehead atoms. The van der Waals surface area contributed by atoms with Crippen LogP contribution in [0.4, 0.5) is 5.69 Å². The molecule has 226 valence electrons. The summed E-state index contributed by atoms with van der Waals surface area (Å²) in [5.41, 5.74) is 2.01. The molecule has 1 amide bonds. The van der Waals surface area contributed by atoms with E-state index in [9.17, 15) is 14.7 Å². The van der Waals surface area contributed by atoms with Gasteiger partial charge in [-0.25, -0.2) is 4.68 Å². The zero-order chi connectivity index (χ0) is 30.8. The Hall–Kier alpha value is -5.00. The van der Waals surface area contributed by atoms with Gasteiger partial charge in [0.15, 0.2) is 5.60 Å². The van der Waals surface area contributed by atoms with Gasteiger partial charge in [0.1, 0.15) is 5.75 Å². The summed E-state index contributed by atoms with van der Waals surface area (Å²) < 4.78 is 8.64. The molecular weight excluding hydrogens is 560 g/mol. The molecule has 5 aromatic rings. The van der Waals surface area contributed by atoms with Crippen LogP contribution in [0.3, 0.4) is 0 Å². The molecule has 0 fully saturated rings. The third-order valence-corrected chi connectivity index (χ3v) is 8.14. The molecule has 3 heterocycles. The molecule has 11 nitrogen and oxygen atoms in total. The van der Waals surface area contributed by atoms with E-state index in [-0.39, 0.29) is 18.7 Å². The number of hydrogen-bond donors (Lipinski definition) is 3. The molecule has 0 aliphatic carbocycles. The number of H-pyrrole nitrogens is 1. The van der Waals surface area contributed by atoms with Gasteiger partial charge in [0, 0.05) is 37.3 Å². The first-order valence-electron chi connectivity index (χ1n) is 14.5. The predicted molar refractivity (Wildman–Crippen MR) is 166 cm³/mol. The van der Waals surface area contributed by atoms with Crippen LogP contribution in [-0.4, -0.2) is 54.6 Å². The van der Waals surface area contributed by atoms with Crippen LogP contribution in [0, 0.1) is 5.92 Å². The topological polar surface area (TPSA) is 138 Å². The number of ether oxygens (including phenoxy) is 1. The summed E-state index contributed by atoms with van der Waals surface area (Å²) in [7, 11) is 1.55. The van der Waals surface area contributed by atoms with Crippen molar-refractivity contribution in [3.05, 3.63) is 112 Å². The van der Waals surface area contributed by atoms with Crippen LogP contribution in [0.1, 0.15) is 30.2 Å². The number of aryl methyl sites for hydroxylation is 1. The van der Waals surface area contributed by atoms with Crippen molar-refractivity contribution in [2.75, 3.05) is 18.6 Å².